The van der Waals surface area contributed by atoms with Crippen LogP contribution in [0.2, 0.25) is 0 Å². The molecule has 152 valence electrons. The summed E-state index contributed by atoms with van der Waals surface area (Å²) in [6.45, 7) is 8.16. The SMILES string of the molecule is CNC(=O)[C@@H](NC(=O)c1nc(C2=CCSC=C2)n2c1CN(C)CC2)C(C)(C)C. The number of imidazole rings is 1. The molecule has 0 saturated carbocycles. The van der Waals surface area contributed by atoms with Gasteiger partial charge in [-0.2, -0.15) is 0 Å². The Balaban J connectivity index is 1.98. The van der Waals surface area contributed by atoms with Gasteiger partial charge in [0.15, 0.2) is 5.69 Å². The van der Waals surface area contributed by atoms with Crippen LogP contribution in [0.25, 0.3) is 5.57 Å². The van der Waals surface area contributed by atoms with Crippen molar-refractivity contribution < 1.29 is 9.59 Å². The van der Waals surface area contributed by atoms with Crippen LogP contribution in [-0.2, 0) is 17.9 Å². The summed E-state index contributed by atoms with van der Waals surface area (Å²) in [5.41, 5.74) is 1.94. The Labute approximate surface area is 170 Å². The summed E-state index contributed by atoms with van der Waals surface area (Å²) in [5, 5.41) is 7.63. The third-order valence-electron chi connectivity index (χ3n) is 5.06. The summed E-state index contributed by atoms with van der Waals surface area (Å²) in [6.07, 6.45) is 4.19. The lowest BCUT2D eigenvalue weighted by atomic mass is 9.86. The Morgan fingerprint density at radius 1 is 1.29 bits per heavy atom. The summed E-state index contributed by atoms with van der Waals surface area (Å²) < 4.78 is 2.15. The molecule has 8 heteroatoms. The Hall–Kier alpha value is -2.06. The number of nitrogens with zero attached hydrogens (tertiary/aromatic N) is 3. The molecule has 2 N–H and O–H groups in total. The van der Waals surface area contributed by atoms with Gasteiger partial charge >= 0.3 is 0 Å². The van der Waals surface area contributed by atoms with Crippen LogP contribution in [0.5, 0.6) is 0 Å². The number of likely N-dealkylation sites (N-methyl/N-ethyl adjacent to an activating group) is 2. The van der Waals surface area contributed by atoms with Crippen molar-refractivity contribution in [1.29, 1.82) is 0 Å². The summed E-state index contributed by atoms with van der Waals surface area (Å²) in [5.74, 6) is 1.22. The number of nitrogens with one attached hydrogen (secondary N) is 2. The molecule has 3 rings (SSSR count). The fourth-order valence-electron chi connectivity index (χ4n) is 3.46. The first-order chi connectivity index (χ1) is 13.2. The Morgan fingerprint density at radius 2 is 2.04 bits per heavy atom. The first-order valence-corrected chi connectivity index (χ1v) is 10.6. The number of allylic oxidation sites excluding steroid dienone is 2. The van der Waals surface area contributed by atoms with E-state index in [1.807, 2.05) is 33.9 Å². The number of hydrogen-bond acceptors (Lipinski definition) is 5. The monoisotopic (exact) mass is 403 g/mol. The van der Waals surface area contributed by atoms with Gasteiger partial charge in [-0.1, -0.05) is 26.8 Å². The van der Waals surface area contributed by atoms with E-state index in [-0.39, 0.29) is 11.8 Å². The zero-order chi connectivity index (χ0) is 20.5. The molecule has 0 unspecified atom stereocenters. The molecule has 0 spiro atoms. The minimum absolute atomic E-state index is 0.207. The molecule has 3 heterocycles. The Morgan fingerprint density at radius 3 is 2.64 bits per heavy atom. The summed E-state index contributed by atoms with van der Waals surface area (Å²) in [4.78, 5) is 32.4. The molecule has 2 aliphatic heterocycles. The maximum Gasteiger partial charge on any atom is 0.272 e. The number of hydrogen-bond donors (Lipinski definition) is 2. The number of thioether (sulfide) groups is 1. The van der Waals surface area contributed by atoms with Gasteiger partial charge in [0, 0.05) is 38.0 Å². The summed E-state index contributed by atoms with van der Waals surface area (Å²) in [7, 11) is 3.62. The third-order valence-corrected chi connectivity index (χ3v) is 5.75. The second-order valence-corrected chi connectivity index (χ2v) is 9.24. The first-order valence-electron chi connectivity index (χ1n) is 9.51. The highest BCUT2D eigenvalue weighted by molar-refractivity contribution is 8.02. The molecule has 2 amide bonds. The predicted octanol–water partition coefficient (Wildman–Crippen LogP) is 1.86. The third kappa shape index (κ3) is 4.17. The van der Waals surface area contributed by atoms with E-state index in [4.69, 9.17) is 4.98 Å². The molecule has 0 aliphatic carbocycles. The van der Waals surface area contributed by atoms with Crippen molar-refractivity contribution in [2.75, 3.05) is 26.4 Å². The normalized spacial score (nSPS) is 18.2. The molecular formula is C20H29N5O2S. The second kappa shape index (κ2) is 8.13. The number of amides is 2. The van der Waals surface area contributed by atoms with Gasteiger partial charge in [-0.05, 0) is 23.9 Å². The van der Waals surface area contributed by atoms with Crippen LogP contribution in [-0.4, -0.2) is 58.7 Å². The molecule has 7 nitrogen and oxygen atoms in total. The highest BCUT2D eigenvalue weighted by atomic mass is 32.2. The van der Waals surface area contributed by atoms with Crippen LogP contribution in [0, 0.1) is 5.41 Å². The average Bonchev–Trinajstić information content (AvgIpc) is 3.03. The van der Waals surface area contributed by atoms with E-state index in [1.165, 1.54) is 0 Å². The highest BCUT2D eigenvalue weighted by Crippen LogP contribution is 2.28. The lowest BCUT2D eigenvalue weighted by Gasteiger charge is -2.30. The minimum Gasteiger partial charge on any atom is -0.357 e. The topological polar surface area (TPSA) is 79.3 Å². The van der Waals surface area contributed by atoms with Crippen LogP contribution in [0.15, 0.2) is 17.6 Å². The van der Waals surface area contributed by atoms with E-state index in [2.05, 4.69) is 31.6 Å². The molecule has 2 aliphatic rings. The lowest BCUT2D eigenvalue weighted by Crippen LogP contribution is -2.53. The first kappa shape index (κ1) is 20.7. The lowest BCUT2D eigenvalue weighted by molar-refractivity contribution is -0.124. The highest BCUT2D eigenvalue weighted by Gasteiger charge is 2.35. The number of aromatic nitrogens is 2. The van der Waals surface area contributed by atoms with Crippen molar-refractivity contribution in [1.82, 2.24) is 25.1 Å². The van der Waals surface area contributed by atoms with Crippen molar-refractivity contribution in [2.45, 2.75) is 39.9 Å². The smallest absolute Gasteiger partial charge is 0.272 e. The maximum atomic E-state index is 13.2. The fraction of sp³-hybridized carbons (Fsp3) is 0.550. The van der Waals surface area contributed by atoms with Gasteiger partial charge in [0.1, 0.15) is 11.9 Å². The van der Waals surface area contributed by atoms with Crippen LogP contribution in [0.3, 0.4) is 0 Å². The molecule has 0 bridgehead atoms. The van der Waals surface area contributed by atoms with Crippen molar-refractivity contribution in [3.05, 3.63) is 34.8 Å². The number of carbonyl (C=O) groups is 2. The summed E-state index contributed by atoms with van der Waals surface area (Å²) in [6, 6.07) is -0.641. The van der Waals surface area contributed by atoms with Crippen LogP contribution in [0.1, 0.15) is 42.8 Å². The zero-order valence-corrected chi connectivity index (χ0v) is 18.0. The van der Waals surface area contributed by atoms with E-state index >= 15 is 0 Å². The minimum atomic E-state index is -0.641. The van der Waals surface area contributed by atoms with Crippen LogP contribution < -0.4 is 10.6 Å². The van der Waals surface area contributed by atoms with Gasteiger partial charge < -0.3 is 15.2 Å². The van der Waals surface area contributed by atoms with E-state index in [1.54, 1.807) is 18.8 Å². The van der Waals surface area contributed by atoms with E-state index in [9.17, 15) is 9.59 Å². The van der Waals surface area contributed by atoms with Gasteiger partial charge in [0.05, 0.1) is 5.69 Å². The van der Waals surface area contributed by atoms with Crippen molar-refractivity contribution in [3.63, 3.8) is 0 Å². The van der Waals surface area contributed by atoms with Gasteiger partial charge in [-0.25, -0.2) is 4.98 Å². The van der Waals surface area contributed by atoms with Gasteiger partial charge in [0.2, 0.25) is 5.91 Å². The summed E-state index contributed by atoms with van der Waals surface area (Å²) >= 11 is 1.74. The molecule has 1 aromatic rings. The van der Waals surface area contributed by atoms with E-state index in [0.717, 1.165) is 35.9 Å². The largest absolute Gasteiger partial charge is 0.357 e. The van der Waals surface area contributed by atoms with Gasteiger partial charge in [0.25, 0.3) is 5.91 Å². The van der Waals surface area contributed by atoms with Crippen molar-refractivity contribution in [3.8, 4) is 0 Å². The van der Waals surface area contributed by atoms with Crippen LogP contribution >= 0.6 is 11.8 Å². The van der Waals surface area contributed by atoms with E-state index in [0.29, 0.717) is 12.2 Å². The van der Waals surface area contributed by atoms with Crippen molar-refractivity contribution >= 4 is 29.1 Å². The van der Waals surface area contributed by atoms with Gasteiger partial charge in [-0.15, -0.1) is 11.8 Å². The fourth-order valence-corrected chi connectivity index (χ4v) is 4.09. The molecule has 0 saturated heterocycles. The zero-order valence-electron chi connectivity index (χ0n) is 17.2. The standard InChI is InChI=1S/C20H29N5O2S/c1-20(2,3)16(19(27)21-4)23-18(26)15-14-12-24(5)8-9-25(14)17(22-15)13-6-10-28-11-7-13/h6-7,10,16H,8-9,11-12H2,1-5H3,(H,21,27)(H,23,26)/t16-/m1/s1. The van der Waals surface area contributed by atoms with Gasteiger partial charge in [-0.3, -0.25) is 14.5 Å². The number of carbonyl (C=O) groups excluding carboxylic acids is 2. The average molecular weight is 404 g/mol. The molecule has 28 heavy (non-hydrogen) atoms. The molecule has 0 aromatic carbocycles. The Bertz CT molecular complexity index is 834. The molecule has 1 atom stereocenters. The molecule has 1 aromatic heterocycles. The van der Waals surface area contributed by atoms with Crippen molar-refractivity contribution in [2.24, 2.45) is 5.41 Å². The Kier molecular flexibility index (Phi) is 6.00. The number of fused-ring (bicyclic) bond motifs is 1. The predicted molar refractivity (Wildman–Crippen MR) is 113 cm³/mol. The molecule has 0 radical (unpaired) electrons. The maximum absolute atomic E-state index is 13.2. The van der Waals surface area contributed by atoms with Crippen LogP contribution in [0.4, 0.5) is 0 Å². The second-order valence-electron chi connectivity index (χ2n) is 8.30. The number of rotatable bonds is 4. The quantitative estimate of drug-likeness (QED) is 0.802. The van der Waals surface area contributed by atoms with E-state index < -0.39 is 11.5 Å². The molecule has 0 fully saturated rings. The molecular weight excluding hydrogens is 374 g/mol.